The first-order valence-corrected chi connectivity index (χ1v) is 5.05. The molecule has 1 unspecified atom stereocenters. The maximum atomic E-state index is 4.15. The van der Waals surface area contributed by atoms with Crippen LogP contribution in [-0.4, -0.2) is 23.2 Å². The fourth-order valence-corrected chi connectivity index (χ4v) is 2.32. The van der Waals surface area contributed by atoms with E-state index in [9.17, 15) is 0 Å². The normalized spacial score (nSPS) is 24.3. The molecule has 2 heteroatoms. The fraction of sp³-hybridized carbons (Fsp3) is 0.714. The van der Waals surface area contributed by atoms with E-state index in [-0.39, 0.29) is 0 Å². The molecule has 0 radical (unpaired) electrons. The van der Waals surface area contributed by atoms with Crippen LogP contribution in [0.2, 0.25) is 0 Å². The number of unbranched alkanes of at least 4 members (excludes halogenated alkanes) is 1. The molecule has 0 saturated carbocycles. The maximum absolute atomic E-state index is 4.15. The molecule has 0 amide bonds. The van der Waals surface area contributed by atoms with Gasteiger partial charge in [0.2, 0.25) is 0 Å². The van der Waals surface area contributed by atoms with Crippen LogP contribution in [0.15, 0.2) is 4.99 Å². The van der Waals surface area contributed by atoms with E-state index in [0.717, 1.165) is 5.88 Å². The Kier molecular flexibility index (Phi) is 2.98. The van der Waals surface area contributed by atoms with Gasteiger partial charge in [-0.1, -0.05) is 13.3 Å². The highest BCUT2D eigenvalue weighted by atomic mass is 32.2. The smallest absolute Gasteiger partial charge is 0.0797 e. The molecule has 0 saturated heterocycles. The summed E-state index contributed by atoms with van der Waals surface area (Å²) in [7, 11) is 0.526. The lowest BCUT2D eigenvalue weighted by molar-refractivity contribution is 0.896. The van der Waals surface area contributed by atoms with Gasteiger partial charge in [0.05, 0.1) is 5.88 Å². The molecule has 1 aliphatic rings. The standard InChI is InChI=1S/C7H13NS/c1-2-3-5-9-6-4-8-7-9/h4,6H,2-3,5,7H2,1H3. The predicted octanol–water partition coefficient (Wildman–Crippen LogP) is 1.90. The van der Waals surface area contributed by atoms with E-state index in [1.807, 2.05) is 6.21 Å². The summed E-state index contributed by atoms with van der Waals surface area (Å²) in [6, 6.07) is 0. The highest BCUT2D eigenvalue weighted by Crippen LogP contribution is 2.16. The molecule has 1 atom stereocenters. The Labute approximate surface area is 59.1 Å². The van der Waals surface area contributed by atoms with Gasteiger partial charge in [-0.15, -0.1) is 0 Å². The van der Waals surface area contributed by atoms with Crippen LogP contribution in [0.5, 0.6) is 0 Å². The molecule has 0 aromatic carbocycles. The van der Waals surface area contributed by atoms with Crippen molar-refractivity contribution in [2.75, 3.05) is 11.6 Å². The van der Waals surface area contributed by atoms with Gasteiger partial charge >= 0.3 is 0 Å². The second-order valence-corrected chi connectivity index (χ2v) is 4.21. The van der Waals surface area contributed by atoms with Gasteiger partial charge in [-0.3, -0.25) is 4.99 Å². The molecular weight excluding hydrogens is 130 g/mol. The van der Waals surface area contributed by atoms with Crippen LogP contribution in [0, 0.1) is 0 Å². The fourth-order valence-electron chi connectivity index (χ4n) is 0.773. The van der Waals surface area contributed by atoms with Crippen molar-refractivity contribution in [1.29, 1.82) is 0 Å². The minimum Gasteiger partial charge on any atom is -0.282 e. The summed E-state index contributed by atoms with van der Waals surface area (Å²) in [6.45, 7) is 2.24. The molecule has 0 aromatic heterocycles. The third kappa shape index (κ3) is 2.31. The maximum Gasteiger partial charge on any atom is 0.0797 e. The molecule has 0 fully saturated rings. The average molecular weight is 143 g/mol. The van der Waals surface area contributed by atoms with E-state index in [1.54, 1.807) is 0 Å². The number of rotatable bonds is 3. The number of aliphatic imine (C=N–C) groups is 1. The Bertz CT molecular complexity index is 138. The van der Waals surface area contributed by atoms with E-state index >= 15 is 0 Å². The van der Waals surface area contributed by atoms with E-state index in [2.05, 4.69) is 17.3 Å². The van der Waals surface area contributed by atoms with Crippen molar-refractivity contribution in [3.63, 3.8) is 0 Å². The van der Waals surface area contributed by atoms with Gasteiger partial charge in [-0.2, -0.15) is 10.5 Å². The van der Waals surface area contributed by atoms with Crippen molar-refractivity contribution in [3.8, 4) is 0 Å². The number of hydrogen-bond acceptors (Lipinski definition) is 1. The molecule has 0 bridgehead atoms. The average Bonchev–Trinajstić information content (AvgIpc) is 2.34. The van der Waals surface area contributed by atoms with Gasteiger partial charge in [0.25, 0.3) is 0 Å². The number of nitrogens with zero attached hydrogens (tertiary/aromatic N) is 1. The Balaban J connectivity index is 2.14. The Hall–Kier alpha value is -0.110. The molecule has 0 aromatic rings. The quantitative estimate of drug-likeness (QED) is 0.535. The van der Waals surface area contributed by atoms with Crippen molar-refractivity contribution in [3.05, 3.63) is 0 Å². The van der Waals surface area contributed by atoms with E-state index in [4.69, 9.17) is 0 Å². The molecule has 0 spiro atoms. The third-order valence-electron chi connectivity index (χ3n) is 1.36. The van der Waals surface area contributed by atoms with Crippen molar-refractivity contribution < 1.29 is 0 Å². The van der Waals surface area contributed by atoms with Gasteiger partial charge in [0.15, 0.2) is 0 Å². The molecular formula is C7H13NS. The van der Waals surface area contributed by atoms with E-state index in [0.29, 0.717) is 10.5 Å². The number of hydrogen-bond donors (Lipinski definition) is 0. The lowest BCUT2D eigenvalue weighted by Gasteiger charge is -1.98. The first kappa shape index (κ1) is 7.00. The summed E-state index contributed by atoms with van der Waals surface area (Å²) in [5.74, 6) is 2.43. The van der Waals surface area contributed by atoms with Gasteiger partial charge in [0, 0.05) is 6.21 Å². The van der Waals surface area contributed by atoms with Gasteiger partial charge in [-0.05, 0) is 17.5 Å². The first-order valence-electron chi connectivity index (χ1n) is 3.43. The molecule has 1 aliphatic heterocycles. The molecule has 9 heavy (non-hydrogen) atoms. The van der Waals surface area contributed by atoms with Crippen molar-refractivity contribution in [2.24, 2.45) is 4.99 Å². The minimum atomic E-state index is 0.526. The van der Waals surface area contributed by atoms with Crippen LogP contribution in [0.3, 0.4) is 0 Å². The van der Waals surface area contributed by atoms with Gasteiger partial charge < -0.3 is 0 Å². The predicted molar refractivity (Wildman–Crippen MR) is 46.8 cm³/mol. The summed E-state index contributed by atoms with van der Waals surface area (Å²) in [5.41, 5.74) is 0. The van der Waals surface area contributed by atoms with Crippen LogP contribution in [-0.2, 0) is 0 Å². The second kappa shape index (κ2) is 3.83. The zero-order valence-electron chi connectivity index (χ0n) is 5.84. The van der Waals surface area contributed by atoms with Crippen molar-refractivity contribution in [2.45, 2.75) is 19.8 Å². The molecule has 1 heterocycles. The molecule has 0 N–H and O–H groups in total. The van der Waals surface area contributed by atoms with Crippen molar-refractivity contribution in [1.82, 2.24) is 0 Å². The summed E-state index contributed by atoms with van der Waals surface area (Å²) in [4.78, 5) is 4.15. The summed E-state index contributed by atoms with van der Waals surface area (Å²) < 4.78 is 0. The summed E-state index contributed by atoms with van der Waals surface area (Å²) in [6.07, 6.45) is 4.64. The lowest BCUT2D eigenvalue weighted by Crippen LogP contribution is -1.82. The van der Waals surface area contributed by atoms with Crippen LogP contribution < -0.4 is 0 Å². The third-order valence-corrected chi connectivity index (χ3v) is 3.16. The van der Waals surface area contributed by atoms with Crippen molar-refractivity contribution >= 4 is 22.1 Å². The Morgan fingerprint density at radius 2 is 2.56 bits per heavy atom. The highest BCUT2D eigenvalue weighted by Gasteiger charge is 1.95. The lowest BCUT2D eigenvalue weighted by atomic mass is 10.4. The molecule has 1 rings (SSSR count). The highest BCUT2D eigenvalue weighted by molar-refractivity contribution is 8.16. The van der Waals surface area contributed by atoms with Gasteiger partial charge in [-0.25, -0.2) is 0 Å². The minimum absolute atomic E-state index is 0.526. The van der Waals surface area contributed by atoms with E-state index < -0.39 is 0 Å². The largest absolute Gasteiger partial charge is 0.282 e. The molecule has 1 nitrogen and oxygen atoms in total. The Morgan fingerprint density at radius 3 is 3.11 bits per heavy atom. The van der Waals surface area contributed by atoms with Crippen LogP contribution in [0.25, 0.3) is 0 Å². The molecule has 52 valence electrons. The first-order chi connectivity index (χ1) is 4.43. The van der Waals surface area contributed by atoms with Crippen LogP contribution in [0.1, 0.15) is 19.8 Å². The second-order valence-electron chi connectivity index (χ2n) is 2.19. The summed E-state index contributed by atoms with van der Waals surface area (Å²) in [5, 5.41) is 2.25. The van der Waals surface area contributed by atoms with Gasteiger partial charge in [0.1, 0.15) is 0 Å². The monoisotopic (exact) mass is 143 g/mol. The van der Waals surface area contributed by atoms with Crippen LogP contribution >= 0.6 is 10.5 Å². The summed E-state index contributed by atoms with van der Waals surface area (Å²) >= 11 is 0. The SMILES string of the molecule is CCCCS1=CC=NC1. The zero-order chi connectivity index (χ0) is 6.53. The van der Waals surface area contributed by atoms with E-state index in [1.165, 1.54) is 18.6 Å². The Morgan fingerprint density at radius 1 is 1.67 bits per heavy atom. The topological polar surface area (TPSA) is 12.4 Å². The molecule has 0 aliphatic carbocycles. The zero-order valence-corrected chi connectivity index (χ0v) is 6.66. The van der Waals surface area contributed by atoms with Crippen LogP contribution in [0.4, 0.5) is 0 Å².